The summed E-state index contributed by atoms with van der Waals surface area (Å²) in [5.74, 6) is 0.211. The topological polar surface area (TPSA) is 94.9 Å². The number of nitrogens with two attached hydrogens (primary N) is 1. The number of hydrogen-bond donors (Lipinski definition) is 2. The first-order valence-corrected chi connectivity index (χ1v) is 11.5. The lowest BCUT2D eigenvalue weighted by molar-refractivity contribution is -0.142. The molecule has 35 heavy (non-hydrogen) atoms. The fourth-order valence-electron chi connectivity index (χ4n) is 4.02. The maximum absolute atomic E-state index is 13.8. The molecular formula is C28H28FNO5. The molecule has 0 saturated heterocycles. The van der Waals surface area contributed by atoms with Gasteiger partial charge in [0.1, 0.15) is 29.5 Å². The maximum atomic E-state index is 13.8. The van der Waals surface area contributed by atoms with Gasteiger partial charge >= 0.3 is 5.97 Å². The van der Waals surface area contributed by atoms with Gasteiger partial charge in [0.15, 0.2) is 0 Å². The van der Waals surface area contributed by atoms with E-state index in [0.717, 1.165) is 33.2 Å². The SMILES string of the molecule is CCOC(=O)Cc1cc(F)ccc1OCc1cc(-c2cccc(CN)c2)c2oc(CCO)cc2c1. The van der Waals surface area contributed by atoms with E-state index in [4.69, 9.17) is 19.6 Å². The van der Waals surface area contributed by atoms with Gasteiger partial charge in [-0.1, -0.05) is 18.2 Å². The molecule has 7 heteroatoms. The number of ether oxygens (including phenoxy) is 2. The molecule has 3 aromatic carbocycles. The molecule has 0 bridgehead atoms. The monoisotopic (exact) mass is 477 g/mol. The van der Waals surface area contributed by atoms with Gasteiger partial charge in [-0.05, 0) is 66.1 Å². The summed E-state index contributed by atoms with van der Waals surface area (Å²) in [6.07, 6.45) is 0.332. The molecule has 0 aliphatic carbocycles. The molecule has 4 aromatic rings. The Morgan fingerprint density at radius 2 is 1.94 bits per heavy atom. The second-order valence-electron chi connectivity index (χ2n) is 8.18. The Balaban J connectivity index is 1.68. The van der Waals surface area contributed by atoms with Crippen molar-refractivity contribution in [2.24, 2.45) is 5.73 Å². The number of aliphatic hydroxyl groups excluding tert-OH is 1. The molecule has 0 atom stereocenters. The molecule has 0 unspecified atom stereocenters. The fourth-order valence-corrected chi connectivity index (χ4v) is 4.02. The summed E-state index contributed by atoms with van der Waals surface area (Å²) in [7, 11) is 0. The van der Waals surface area contributed by atoms with E-state index in [-0.39, 0.29) is 26.2 Å². The minimum Gasteiger partial charge on any atom is -0.489 e. The predicted molar refractivity (Wildman–Crippen MR) is 131 cm³/mol. The summed E-state index contributed by atoms with van der Waals surface area (Å²) in [6, 6.07) is 17.9. The number of carbonyl (C=O) groups excluding carboxylic acids is 1. The zero-order valence-corrected chi connectivity index (χ0v) is 19.6. The molecule has 0 aliphatic heterocycles. The predicted octanol–water partition coefficient (Wildman–Crippen LogP) is 4.92. The van der Waals surface area contributed by atoms with Crippen LogP contribution < -0.4 is 10.5 Å². The normalized spacial score (nSPS) is 11.1. The molecule has 0 saturated carbocycles. The highest BCUT2D eigenvalue weighted by molar-refractivity contribution is 5.93. The molecule has 182 valence electrons. The number of rotatable bonds is 10. The lowest BCUT2D eigenvalue weighted by Crippen LogP contribution is -2.09. The van der Waals surface area contributed by atoms with Gasteiger partial charge < -0.3 is 24.7 Å². The van der Waals surface area contributed by atoms with Crippen LogP contribution in [0.4, 0.5) is 4.39 Å². The smallest absolute Gasteiger partial charge is 0.310 e. The molecular weight excluding hydrogens is 449 g/mol. The summed E-state index contributed by atoms with van der Waals surface area (Å²) < 4.78 is 30.9. The Hall–Kier alpha value is -3.68. The van der Waals surface area contributed by atoms with Crippen LogP contribution in [0, 0.1) is 5.82 Å². The summed E-state index contributed by atoms with van der Waals surface area (Å²) >= 11 is 0. The van der Waals surface area contributed by atoms with Gasteiger partial charge in [-0.2, -0.15) is 0 Å². The highest BCUT2D eigenvalue weighted by atomic mass is 19.1. The molecule has 0 spiro atoms. The highest BCUT2D eigenvalue weighted by Crippen LogP contribution is 2.34. The molecule has 0 amide bonds. The van der Waals surface area contributed by atoms with Crippen LogP contribution in [-0.2, 0) is 35.5 Å². The van der Waals surface area contributed by atoms with E-state index < -0.39 is 11.8 Å². The Kier molecular flexibility index (Phi) is 7.80. The molecule has 0 aliphatic rings. The molecule has 1 aromatic heterocycles. The van der Waals surface area contributed by atoms with Crippen molar-refractivity contribution in [3.63, 3.8) is 0 Å². The van der Waals surface area contributed by atoms with E-state index in [1.165, 1.54) is 18.2 Å². The van der Waals surface area contributed by atoms with Crippen molar-refractivity contribution >= 4 is 16.9 Å². The first kappa shape index (κ1) is 24.4. The second-order valence-corrected chi connectivity index (χ2v) is 8.18. The van der Waals surface area contributed by atoms with Gasteiger partial charge in [0, 0.05) is 29.5 Å². The van der Waals surface area contributed by atoms with Crippen LogP contribution in [0.2, 0.25) is 0 Å². The Labute approximate surface area is 203 Å². The van der Waals surface area contributed by atoms with Crippen molar-refractivity contribution in [3.05, 3.63) is 88.9 Å². The Morgan fingerprint density at radius 3 is 2.71 bits per heavy atom. The molecule has 1 heterocycles. The maximum Gasteiger partial charge on any atom is 0.310 e. The first-order valence-electron chi connectivity index (χ1n) is 11.5. The minimum atomic E-state index is -0.449. The van der Waals surface area contributed by atoms with Crippen molar-refractivity contribution in [1.29, 1.82) is 0 Å². The second kappa shape index (κ2) is 11.2. The van der Waals surface area contributed by atoms with Crippen LogP contribution in [0.3, 0.4) is 0 Å². The third kappa shape index (κ3) is 5.88. The Morgan fingerprint density at radius 1 is 1.09 bits per heavy atom. The van der Waals surface area contributed by atoms with Crippen LogP contribution in [0.1, 0.15) is 29.4 Å². The van der Waals surface area contributed by atoms with Crippen molar-refractivity contribution in [2.45, 2.75) is 32.9 Å². The summed E-state index contributed by atoms with van der Waals surface area (Å²) in [5, 5.41) is 10.2. The molecule has 3 N–H and O–H groups in total. The highest BCUT2D eigenvalue weighted by Gasteiger charge is 2.15. The van der Waals surface area contributed by atoms with Gasteiger partial charge in [0.2, 0.25) is 0 Å². The first-order chi connectivity index (χ1) is 17.0. The number of fused-ring (bicyclic) bond motifs is 1. The molecule has 4 rings (SSSR count). The van der Waals surface area contributed by atoms with Crippen molar-refractivity contribution in [3.8, 4) is 16.9 Å². The number of aliphatic hydroxyl groups is 1. The van der Waals surface area contributed by atoms with Gasteiger partial charge in [-0.3, -0.25) is 4.79 Å². The van der Waals surface area contributed by atoms with Gasteiger partial charge in [0.05, 0.1) is 19.6 Å². The Bertz CT molecular complexity index is 1330. The number of furan rings is 1. The number of halogens is 1. The zero-order valence-electron chi connectivity index (χ0n) is 19.6. The van der Waals surface area contributed by atoms with Crippen LogP contribution in [-0.4, -0.2) is 24.3 Å². The average Bonchev–Trinajstić information content (AvgIpc) is 3.26. The van der Waals surface area contributed by atoms with E-state index in [1.54, 1.807) is 6.92 Å². The summed E-state index contributed by atoms with van der Waals surface area (Å²) in [6.45, 7) is 2.58. The number of esters is 1. The van der Waals surface area contributed by atoms with Gasteiger partial charge in [0.25, 0.3) is 0 Å². The largest absolute Gasteiger partial charge is 0.489 e. The summed E-state index contributed by atoms with van der Waals surface area (Å²) in [5.41, 5.74) is 10.7. The zero-order chi connectivity index (χ0) is 24.8. The lowest BCUT2D eigenvalue weighted by atomic mass is 9.99. The van der Waals surface area contributed by atoms with Crippen LogP contribution in [0.15, 0.2) is 65.1 Å². The average molecular weight is 478 g/mol. The van der Waals surface area contributed by atoms with Crippen molar-refractivity contribution < 1.29 is 28.2 Å². The quantitative estimate of drug-likeness (QED) is 0.315. The van der Waals surface area contributed by atoms with E-state index in [0.29, 0.717) is 30.0 Å². The van der Waals surface area contributed by atoms with E-state index in [1.807, 2.05) is 42.5 Å². The number of benzene rings is 3. The fraction of sp³-hybridized carbons (Fsp3) is 0.250. The van der Waals surface area contributed by atoms with E-state index >= 15 is 0 Å². The standard InChI is InChI=1S/C28H28FNO5/c1-2-33-27(32)15-21-13-23(29)6-7-26(21)34-17-19-11-22-14-24(8-9-31)35-28(22)25(12-19)20-5-3-4-18(10-20)16-30/h3-7,10-14,31H,2,8-9,15-17,30H2,1H3. The van der Waals surface area contributed by atoms with E-state index in [2.05, 4.69) is 0 Å². The van der Waals surface area contributed by atoms with Crippen LogP contribution in [0.5, 0.6) is 5.75 Å². The number of hydrogen-bond acceptors (Lipinski definition) is 6. The lowest BCUT2D eigenvalue weighted by Gasteiger charge is -2.13. The van der Waals surface area contributed by atoms with E-state index in [9.17, 15) is 14.3 Å². The molecule has 0 radical (unpaired) electrons. The van der Waals surface area contributed by atoms with Crippen molar-refractivity contribution in [1.82, 2.24) is 0 Å². The third-order valence-electron chi connectivity index (χ3n) is 5.62. The summed E-state index contributed by atoms with van der Waals surface area (Å²) in [4.78, 5) is 12.0. The molecule has 0 fully saturated rings. The van der Waals surface area contributed by atoms with Crippen molar-refractivity contribution in [2.75, 3.05) is 13.2 Å². The minimum absolute atomic E-state index is 0.0123. The molecule has 6 nitrogen and oxygen atoms in total. The number of carbonyl (C=O) groups is 1. The van der Waals surface area contributed by atoms with Gasteiger partial charge in [-0.25, -0.2) is 4.39 Å². The van der Waals surface area contributed by atoms with Crippen LogP contribution >= 0.6 is 0 Å². The third-order valence-corrected chi connectivity index (χ3v) is 5.62. The van der Waals surface area contributed by atoms with Gasteiger partial charge in [-0.15, -0.1) is 0 Å². The van der Waals surface area contributed by atoms with Crippen LogP contribution in [0.25, 0.3) is 22.1 Å².